The molecule has 0 aromatic carbocycles. The van der Waals surface area contributed by atoms with Crippen LogP contribution in [-0.4, -0.2) is 87.5 Å². The number of aliphatic hydroxyl groups is 5. The van der Waals surface area contributed by atoms with E-state index >= 15 is 0 Å². The molecule has 0 saturated carbocycles. The van der Waals surface area contributed by atoms with Gasteiger partial charge >= 0.3 is 0 Å². The monoisotopic (exact) mass is 1160 g/mol. The summed E-state index contributed by atoms with van der Waals surface area (Å²) in [5.74, 6) is -0.235. The first-order valence-corrected chi connectivity index (χ1v) is 33.4. The maximum Gasteiger partial charge on any atom is 0.220 e. The first kappa shape index (κ1) is 77.6. The first-order chi connectivity index (χ1) is 41.3. The second kappa shape index (κ2) is 61.6. The molecule has 0 aromatic heterocycles. The van der Waals surface area contributed by atoms with Gasteiger partial charge in [0.1, 0.15) is 24.4 Å². The number of amides is 1. The van der Waals surface area contributed by atoms with Gasteiger partial charge in [-0.2, -0.15) is 0 Å². The predicted molar refractivity (Wildman–Crippen MR) is 359 cm³/mol. The van der Waals surface area contributed by atoms with Crippen molar-refractivity contribution in [2.75, 3.05) is 13.2 Å². The Morgan fingerprint density at radius 2 is 0.750 bits per heavy atom. The van der Waals surface area contributed by atoms with Crippen molar-refractivity contribution in [2.24, 2.45) is 0 Å². The highest BCUT2D eigenvalue weighted by Crippen LogP contribution is 2.23. The van der Waals surface area contributed by atoms with Crippen LogP contribution in [0.15, 0.2) is 170 Å². The van der Waals surface area contributed by atoms with E-state index in [0.717, 1.165) is 109 Å². The van der Waals surface area contributed by atoms with E-state index in [2.05, 4.69) is 177 Å². The minimum Gasteiger partial charge on any atom is -0.394 e. The topological polar surface area (TPSA) is 149 Å². The Labute approximate surface area is 513 Å². The van der Waals surface area contributed by atoms with Gasteiger partial charge in [0.15, 0.2) is 6.29 Å². The average Bonchev–Trinajstić information content (AvgIpc) is 3.70. The Balaban J connectivity index is 2.25. The number of ether oxygens (including phenoxy) is 2. The summed E-state index contributed by atoms with van der Waals surface area (Å²) in [6, 6.07) is -0.860. The van der Waals surface area contributed by atoms with E-state index in [1.165, 1.54) is 103 Å². The van der Waals surface area contributed by atoms with E-state index in [-0.39, 0.29) is 18.9 Å². The summed E-state index contributed by atoms with van der Waals surface area (Å²) >= 11 is 0. The van der Waals surface area contributed by atoms with Crippen molar-refractivity contribution < 1.29 is 39.8 Å². The minimum atomic E-state index is -1.59. The lowest BCUT2D eigenvalue weighted by Crippen LogP contribution is -2.60. The molecule has 1 amide bonds. The highest BCUT2D eigenvalue weighted by atomic mass is 16.7. The van der Waals surface area contributed by atoms with E-state index in [4.69, 9.17) is 9.47 Å². The van der Waals surface area contributed by atoms with Crippen molar-refractivity contribution >= 4 is 5.91 Å². The van der Waals surface area contributed by atoms with Crippen LogP contribution in [0.2, 0.25) is 0 Å². The number of nitrogens with one attached hydrogen (secondary N) is 1. The molecule has 474 valence electrons. The molecule has 0 radical (unpaired) electrons. The Bertz CT molecular complexity index is 1930. The normalized spacial score (nSPS) is 19.3. The molecule has 0 spiro atoms. The molecule has 1 fully saturated rings. The van der Waals surface area contributed by atoms with Gasteiger partial charge in [-0.25, -0.2) is 0 Å². The van der Waals surface area contributed by atoms with Crippen molar-refractivity contribution in [1.82, 2.24) is 5.32 Å². The molecule has 84 heavy (non-hydrogen) atoms. The minimum absolute atomic E-state index is 0.229. The zero-order valence-electron chi connectivity index (χ0n) is 52.8. The number of aliphatic hydroxyl groups excluding tert-OH is 5. The standard InChI is InChI=1S/C75H121NO8/c1-3-5-7-9-11-13-15-17-19-21-23-25-27-28-29-30-31-32-33-34-35-36-37-38-39-40-41-42-43-45-47-49-51-53-55-57-59-61-63-65-71(79)76-68(67-83-75-74(82)73(81)72(80)70(66-77)84-75)69(78)64-62-60-58-56-54-52-50-48-46-44-26-24-22-20-18-16-14-12-10-8-6-4-2/h5,7,11,13,17,19,23,25,28-29,31-32,34-35,37-38,40-41,43,45,49,51,54-57,62,64,68-70,72-75,77-78,80-82H,3-4,6,8-10,12,14-16,18,20-22,24,26-27,30,33,36,39,42,44,46-48,50,52-53,58-61,63,65-67H2,1-2H3,(H,76,79)/b7-5-,13-11-,19-17-,25-23-,29-28-,32-31-,35-34-,38-37-,41-40-,45-43-,51-49-,56-54+,57-55-,64-62+. The zero-order chi connectivity index (χ0) is 60.7. The second-order valence-corrected chi connectivity index (χ2v) is 22.2. The molecule has 7 atom stereocenters. The molecule has 9 heteroatoms. The van der Waals surface area contributed by atoms with Crippen LogP contribution in [-0.2, 0) is 14.3 Å². The highest BCUT2D eigenvalue weighted by molar-refractivity contribution is 5.76. The van der Waals surface area contributed by atoms with Crippen LogP contribution in [0.25, 0.3) is 0 Å². The maximum absolute atomic E-state index is 13.1. The quantitative estimate of drug-likeness (QED) is 0.0261. The molecule has 0 aromatic rings. The van der Waals surface area contributed by atoms with Crippen LogP contribution < -0.4 is 5.32 Å². The average molecular weight is 1160 g/mol. The number of carbonyl (C=O) groups excluding carboxylic acids is 1. The lowest BCUT2D eigenvalue weighted by atomic mass is 9.99. The largest absolute Gasteiger partial charge is 0.394 e. The third-order valence-corrected chi connectivity index (χ3v) is 14.5. The van der Waals surface area contributed by atoms with Crippen LogP contribution in [0.4, 0.5) is 0 Å². The maximum atomic E-state index is 13.1. The van der Waals surface area contributed by atoms with Crippen LogP contribution in [0.1, 0.15) is 239 Å². The molecule has 1 aliphatic heterocycles. The molecule has 0 bridgehead atoms. The summed E-state index contributed by atoms with van der Waals surface area (Å²) in [7, 11) is 0. The van der Waals surface area contributed by atoms with E-state index < -0.39 is 49.5 Å². The molecule has 1 aliphatic rings. The predicted octanol–water partition coefficient (Wildman–Crippen LogP) is 18.1. The number of hydrogen-bond acceptors (Lipinski definition) is 8. The third-order valence-electron chi connectivity index (χ3n) is 14.5. The lowest BCUT2D eigenvalue weighted by Gasteiger charge is -2.40. The summed E-state index contributed by atoms with van der Waals surface area (Å²) in [5.41, 5.74) is 0. The summed E-state index contributed by atoms with van der Waals surface area (Å²) in [6.07, 6.45) is 91.5. The van der Waals surface area contributed by atoms with E-state index in [1.54, 1.807) is 6.08 Å². The van der Waals surface area contributed by atoms with Gasteiger partial charge < -0.3 is 40.3 Å². The van der Waals surface area contributed by atoms with Crippen molar-refractivity contribution in [3.8, 4) is 0 Å². The van der Waals surface area contributed by atoms with E-state index in [0.29, 0.717) is 6.42 Å². The van der Waals surface area contributed by atoms with Crippen molar-refractivity contribution in [3.63, 3.8) is 0 Å². The fourth-order valence-corrected chi connectivity index (χ4v) is 9.33. The van der Waals surface area contributed by atoms with Crippen LogP contribution in [0.3, 0.4) is 0 Å². The fraction of sp³-hybridized carbons (Fsp3) is 0.613. The Kier molecular flexibility index (Phi) is 56.9. The van der Waals surface area contributed by atoms with Crippen LogP contribution in [0, 0.1) is 0 Å². The molecule has 9 nitrogen and oxygen atoms in total. The summed E-state index contributed by atoms with van der Waals surface area (Å²) in [5, 5.41) is 54.6. The number of carbonyl (C=O) groups is 1. The van der Waals surface area contributed by atoms with Gasteiger partial charge in [0.25, 0.3) is 0 Å². The zero-order valence-corrected chi connectivity index (χ0v) is 52.8. The lowest BCUT2D eigenvalue weighted by molar-refractivity contribution is -0.302. The van der Waals surface area contributed by atoms with Gasteiger partial charge in [0.2, 0.25) is 5.91 Å². The highest BCUT2D eigenvalue weighted by Gasteiger charge is 2.44. The van der Waals surface area contributed by atoms with Crippen molar-refractivity contribution in [3.05, 3.63) is 170 Å². The third kappa shape index (κ3) is 49.8. The second-order valence-electron chi connectivity index (χ2n) is 22.2. The molecule has 1 heterocycles. The fourth-order valence-electron chi connectivity index (χ4n) is 9.33. The molecule has 1 saturated heterocycles. The molecule has 1 rings (SSSR count). The molecular formula is C75H121NO8. The summed E-state index contributed by atoms with van der Waals surface area (Å²) in [6.45, 7) is 3.62. The van der Waals surface area contributed by atoms with Crippen molar-refractivity contribution in [1.29, 1.82) is 0 Å². The Morgan fingerprint density at radius 1 is 0.417 bits per heavy atom. The Morgan fingerprint density at radius 3 is 1.14 bits per heavy atom. The van der Waals surface area contributed by atoms with Crippen LogP contribution in [0.5, 0.6) is 0 Å². The van der Waals surface area contributed by atoms with Gasteiger partial charge in [-0.3, -0.25) is 4.79 Å². The van der Waals surface area contributed by atoms with Gasteiger partial charge in [-0.05, 0) is 122 Å². The summed E-state index contributed by atoms with van der Waals surface area (Å²) < 4.78 is 11.3. The molecule has 0 aliphatic carbocycles. The van der Waals surface area contributed by atoms with Gasteiger partial charge in [-0.15, -0.1) is 0 Å². The van der Waals surface area contributed by atoms with E-state index in [1.807, 2.05) is 6.08 Å². The smallest absolute Gasteiger partial charge is 0.220 e. The number of rotatable bonds is 55. The molecular weight excluding hydrogens is 1040 g/mol. The van der Waals surface area contributed by atoms with Crippen LogP contribution >= 0.6 is 0 Å². The van der Waals surface area contributed by atoms with Crippen molar-refractivity contribution in [2.45, 2.75) is 281 Å². The number of allylic oxidation sites excluding steroid dienone is 27. The van der Waals surface area contributed by atoms with Gasteiger partial charge in [-0.1, -0.05) is 280 Å². The van der Waals surface area contributed by atoms with Gasteiger partial charge in [0.05, 0.1) is 25.4 Å². The Hall–Kier alpha value is -4.45. The first-order valence-electron chi connectivity index (χ1n) is 33.4. The van der Waals surface area contributed by atoms with Gasteiger partial charge in [0, 0.05) is 6.42 Å². The molecule has 6 N–H and O–H groups in total. The number of unbranched alkanes of at least 4 members (excludes halogenated alkanes) is 19. The summed E-state index contributed by atoms with van der Waals surface area (Å²) in [4.78, 5) is 13.1. The van der Waals surface area contributed by atoms with E-state index in [9.17, 15) is 30.3 Å². The molecule has 7 unspecified atom stereocenters. The number of hydrogen-bond donors (Lipinski definition) is 6. The SMILES string of the molecule is CC/C=C\C/C=C\C/C=C\C/C=C\C/C=C\C/C=C\C/C=C\C/C=C\C/C=C\C/C=C\C/C=C\C/C=C\CCCCC(=O)NC(COC1OC(CO)C(O)C(O)C1O)C(O)/C=C/CC/C=C/CCCCCCCCCCCCCCCCCC.